The minimum atomic E-state index is -0.155. The third kappa shape index (κ3) is 1.66. The summed E-state index contributed by atoms with van der Waals surface area (Å²) in [5.74, 6) is 0.110. The normalized spacial score (nSPS) is 12.9. The second-order valence-electron chi connectivity index (χ2n) is 3.59. The fraction of sp³-hybridized carbons (Fsp3) is 0.250. The van der Waals surface area contributed by atoms with E-state index in [9.17, 15) is 4.79 Å². The lowest BCUT2D eigenvalue weighted by Crippen LogP contribution is -2.31. The number of fused-ring (bicyclic) bond motifs is 1. The number of aromatic nitrogens is 1. The number of hydrogen-bond donors (Lipinski definition) is 1. The molecule has 0 aliphatic rings. The second kappa shape index (κ2) is 3.87. The van der Waals surface area contributed by atoms with Gasteiger partial charge in [0.05, 0.1) is 11.7 Å². The number of ketones is 1. The van der Waals surface area contributed by atoms with Crippen molar-refractivity contribution in [2.24, 2.45) is 0 Å². The van der Waals surface area contributed by atoms with Crippen molar-refractivity contribution < 1.29 is 4.79 Å². The Bertz CT molecular complexity index is 487. The first-order valence-electron chi connectivity index (χ1n) is 5.01. The third-order valence-electron chi connectivity index (χ3n) is 2.64. The van der Waals surface area contributed by atoms with Gasteiger partial charge in [-0.3, -0.25) is 4.79 Å². The van der Waals surface area contributed by atoms with Crippen LogP contribution in [0.1, 0.15) is 17.4 Å². The molecule has 2 aromatic rings. The SMILES string of the molecule is CNC(C)C(=O)c1cccc2cccn12. The monoisotopic (exact) mass is 202 g/mol. The fourth-order valence-electron chi connectivity index (χ4n) is 1.62. The molecule has 1 unspecified atom stereocenters. The molecule has 1 atom stereocenters. The van der Waals surface area contributed by atoms with Gasteiger partial charge >= 0.3 is 0 Å². The number of carbonyl (C=O) groups excluding carboxylic acids is 1. The van der Waals surface area contributed by atoms with E-state index in [1.165, 1.54) is 0 Å². The highest BCUT2D eigenvalue weighted by Crippen LogP contribution is 2.10. The Hall–Kier alpha value is -1.61. The van der Waals surface area contributed by atoms with E-state index in [0.29, 0.717) is 0 Å². The maximum atomic E-state index is 12.0. The fourth-order valence-corrected chi connectivity index (χ4v) is 1.62. The zero-order chi connectivity index (χ0) is 10.8. The second-order valence-corrected chi connectivity index (χ2v) is 3.59. The summed E-state index contributed by atoms with van der Waals surface area (Å²) in [4.78, 5) is 12.0. The zero-order valence-corrected chi connectivity index (χ0v) is 8.90. The van der Waals surface area contributed by atoms with E-state index >= 15 is 0 Å². The molecule has 0 radical (unpaired) electrons. The molecule has 0 aliphatic carbocycles. The predicted molar refractivity (Wildman–Crippen MR) is 60.2 cm³/mol. The Kier molecular flexibility index (Phi) is 2.56. The van der Waals surface area contributed by atoms with Crippen LogP contribution < -0.4 is 5.32 Å². The molecule has 0 amide bonds. The quantitative estimate of drug-likeness (QED) is 0.769. The largest absolute Gasteiger partial charge is 0.314 e. The Morgan fingerprint density at radius 2 is 2.07 bits per heavy atom. The molecule has 2 rings (SSSR count). The molecular weight excluding hydrogens is 188 g/mol. The lowest BCUT2D eigenvalue weighted by atomic mass is 10.1. The van der Waals surface area contributed by atoms with Crippen molar-refractivity contribution in [2.45, 2.75) is 13.0 Å². The molecule has 3 nitrogen and oxygen atoms in total. The van der Waals surface area contributed by atoms with Crippen LogP contribution in [0.2, 0.25) is 0 Å². The number of rotatable bonds is 3. The van der Waals surface area contributed by atoms with Gasteiger partial charge in [0.2, 0.25) is 0 Å². The van der Waals surface area contributed by atoms with E-state index in [2.05, 4.69) is 5.32 Å². The molecule has 2 heterocycles. The average Bonchev–Trinajstić information content (AvgIpc) is 2.74. The van der Waals surface area contributed by atoms with Crippen LogP contribution in [-0.4, -0.2) is 23.3 Å². The summed E-state index contributed by atoms with van der Waals surface area (Å²) in [7, 11) is 1.79. The summed E-state index contributed by atoms with van der Waals surface area (Å²) in [6.45, 7) is 1.87. The van der Waals surface area contributed by atoms with Gasteiger partial charge in [0.1, 0.15) is 0 Å². The van der Waals surface area contributed by atoms with Crippen molar-refractivity contribution in [2.75, 3.05) is 7.05 Å². The van der Waals surface area contributed by atoms with Crippen LogP contribution in [0.15, 0.2) is 36.5 Å². The standard InChI is InChI=1S/C12H14N2O/c1-9(13-2)12(15)11-7-3-5-10-6-4-8-14(10)11/h3-9,13H,1-2H3. The van der Waals surface area contributed by atoms with Gasteiger partial charge in [0.25, 0.3) is 0 Å². The number of likely N-dealkylation sites (N-methyl/N-ethyl adjacent to an activating group) is 1. The molecule has 0 aromatic carbocycles. The van der Waals surface area contributed by atoms with Crippen LogP contribution in [0.5, 0.6) is 0 Å². The van der Waals surface area contributed by atoms with Crippen LogP contribution in [0.25, 0.3) is 5.52 Å². The molecule has 78 valence electrons. The van der Waals surface area contributed by atoms with Gasteiger partial charge < -0.3 is 9.72 Å². The molecule has 3 heteroatoms. The van der Waals surface area contributed by atoms with Gasteiger partial charge in [-0.25, -0.2) is 0 Å². The summed E-state index contributed by atoms with van der Waals surface area (Å²) in [5.41, 5.74) is 1.77. The lowest BCUT2D eigenvalue weighted by molar-refractivity contribution is 0.0949. The zero-order valence-electron chi connectivity index (χ0n) is 8.90. The smallest absolute Gasteiger partial charge is 0.196 e. The molecule has 15 heavy (non-hydrogen) atoms. The molecule has 0 spiro atoms. The highest BCUT2D eigenvalue weighted by molar-refractivity contribution is 5.99. The lowest BCUT2D eigenvalue weighted by Gasteiger charge is -2.10. The van der Waals surface area contributed by atoms with Crippen molar-refractivity contribution >= 4 is 11.3 Å². The van der Waals surface area contributed by atoms with E-state index in [0.717, 1.165) is 11.2 Å². The predicted octanol–water partition coefficient (Wildman–Crippen LogP) is 1.73. The van der Waals surface area contributed by atoms with Crippen LogP contribution in [0.3, 0.4) is 0 Å². The van der Waals surface area contributed by atoms with Crippen molar-refractivity contribution in [1.29, 1.82) is 0 Å². The number of carbonyl (C=O) groups is 1. The van der Waals surface area contributed by atoms with E-state index in [4.69, 9.17) is 0 Å². The molecular formula is C12H14N2O. The van der Waals surface area contributed by atoms with Crippen LogP contribution in [0.4, 0.5) is 0 Å². The third-order valence-corrected chi connectivity index (χ3v) is 2.64. The maximum absolute atomic E-state index is 12.0. The first kappa shape index (κ1) is 9.93. The van der Waals surface area contributed by atoms with Gasteiger partial charge in [0, 0.05) is 11.7 Å². The number of hydrogen-bond acceptors (Lipinski definition) is 2. The average molecular weight is 202 g/mol. The topological polar surface area (TPSA) is 33.5 Å². The molecule has 1 N–H and O–H groups in total. The summed E-state index contributed by atoms with van der Waals surface area (Å²) in [6, 6.07) is 9.52. The van der Waals surface area contributed by atoms with Gasteiger partial charge in [-0.15, -0.1) is 0 Å². The minimum absolute atomic E-state index is 0.110. The van der Waals surface area contributed by atoms with Gasteiger partial charge in [-0.05, 0) is 38.2 Å². The number of pyridine rings is 1. The van der Waals surface area contributed by atoms with Crippen molar-refractivity contribution in [3.8, 4) is 0 Å². The van der Waals surface area contributed by atoms with Crippen molar-refractivity contribution in [3.63, 3.8) is 0 Å². The van der Waals surface area contributed by atoms with Crippen molar-refractivity contribution in [1.82, 2.24) is 9.72 Å². The molecule has 0 bridgehead atoms. The Balaban J connectivity index is 2.51. The minimum Gasteiger partial charge on any atom is -0.314 e. The summed E-state index contributed by atoms with van der Waals surface area (Å²) in [6.07, 6.45) is 1.91. The maximum Gasteiger partial charge on any atom is 0.196 e. The Labute approximate surface area is 88.7 Å². The molecule has 0 saturated carbocycles. The number of Topliss-reactive ketones (excluding diaryl/α,β-unsaturated/α-hetero) is 1. The summed E-state index contributed by atoms with van der Waals surface area (Å²) in [5, 5.41) is 2.96. The number of nitrogens with one attached hydrogen (secondary N) is 1. The van der Waals surface area contributed by atoms with Gasteiger partial charge in [-0.1, -0.05) is 6.07 Å². The number of nitrogens with zero attached hydrogens (tertiary/aromatic N) is 1. The van der Waals surface area contributed by atoms with E-state index in [1.54, 1.807) is 7.05 Å². The van der Waals surface area contributed by atoms with Crippen LogP contribution >= 0.6 is 0 Å². The van der Waals surface area contributed by atoms with Crippen LogP contribution in [0, 0.1) is 0 Å². The van der Waals surface area contributed by atoms with Crippen molar-refractivity contribution in [3.05, 3.63) is 42.2 Å². The molecule has 0 saturated heterocycles. The summed E-state index contributed by atoms with van der Waals surface area (Å²) >= 11 is 0. The summed E-state index contributed by atoms with van der Waals surface area (Å²) < 4.78 is 1.91. The molecule has 2 aromatic heterocycles. The molecule has 0 fully saturated rings. The van der Waals surface area contributed by atoms with Gasteiger partial charge in [0.15, 0.2) is 5.78 Å². The first-order chi connectivity index (χ1) is 7.24. The Morgan fingerprint density at radius 1 is 1.33 bits per heavy atom. The van der Waals surface area contributed by atoms with Crippen LogP contribution in [-0.2, 0) is 0 Å². The highest BCUT2D eigenvalue weighted by Gasteiger charge is 2.15. The molecule has 0 aliphatic heterocycles. The first-order valence-corrected chi connectivity index (χ1v) is 5.01. The van der Waals surface area contributed by atoms with E-state index in [-0.39, 0.29) is 11.8 Å². The van der Waals surface area contributed by atoms with E-state index < -0.39 is 0 Å². The Morgan fingerprint density at radius 3 is 2.80 bits per heavy atom. The highest BCUT2D eigenvalue weighted by atomic mass is 16.1. The van der Waals surface area contributed by atoms with E-state index in [1.807, 2.05) is 47.9 Å². The van der Waals surface area contributed by atoms with Gasteiger partial charge in [-0.2, -0.15) is 0 Å².